The average molecular weight is 431 g/mol. The molecule has 2 aromatic rings. The fourth-order valence-corrected chi connectivity index (χ4v) is 4.51. The first kappa shape index (κ1) is 21.3. The highest BCUT2D eigenvalue weighted by Crippen LogP contribution is 2.33. The number of halogens is 3. The van der Waals surface area contributed by atoms with Crippen molar-refractivity contribution >= 4 is 15.8 Å². The number of sulfone groups is 1. The zero-order chi connectivity index (χ0) is 21.2. The quantitative estimate of drug-likeness (QED) is 0.774. The van der Waals surface area contributed by atoms with Gasteiger partial charge in [-0.05, 0) is 18.6 Å². The first-order valence-corrected chi connectivity index (χ1v) is 10.5. The Morgan fingerprint density at radius 1 is 1.28 bits per heavy atom. The summed E-state index contributed by atoms with van der Waals surface area (Å²) in [5.74, 6) is 0.332. The van der Waals surface area contributed by atoms with Crippen LogP contribution in [0.5, 0.6) is 5.75 Å². The third-order valence-electron chi connectivity index (χ3n) is 4.78. The average Bonchev–Trinajstić information content (AvgIpc) is 2.66. The predicted octanol–water partition coefficient (Wildman–Crippen LogP) is 1.98. The van der Waals surface area contributed by atoms with Gasteiger partial charge in [0.25, 0.3) is 0 Å². The number of alkyl halides is 3. The van der Waals surface area contributed by atoms with Gasteiger partial charge < -0.3 is 14.7 Å². The molecule has 1 atom stereocenters. The van der Waals surface area contributed by atoms with Gasteiger partial charge in [0.1, 0.15) is 11.9 Å². The lowest BCUT2D eigenvalue weighted by molar-refractivity contribution is -0.138. The van der Waals surface area contributed by atoms with Crippen molar-refractivity contribution in [3.05, 3.63) is 47.3 Å². The maximum Gasteiger partial charge on any atom is 0.416 e. The zero-order valence-electron chi connectivity index (χ0n) is 15.6. The number of rotatable bonds is 5. The summed E-state index contributed by atoms with van der Waals surface area (Å²) in [6, 6.07) is 3.93. The molecule has 0 spiro atoms. The molecule has 1 fully saturated rings. The largest absolute Gasteiger partial charge is 0.486 e. The van der Waals surface area contributed by atoms with Crippen LogP contribution < -0.4 is 9.64 Å². The summed E-state index contributed by atoms with van der Waals surface area (Å²) < 4.78 is 68.7. The summed E-state index contributed by atoms with van der Waals surface area (Å²) in [6.45, 7) is 1.06. The SMILES string of the molecule is Cc1cccc(C(F)(F)F)c1COc1cnc(N2CCS(=O)(=O)C(CO)C2)nc1. The molecule has 1 aliphatic rings. The summed E-state index contributed by atoms with van der Waals surface area (Å²) in [6.07, 6.45) is -1.83. The number of benzene rings is 1. The van der Waals surface area contributed by atoms with E-state index in [0.717, 1.165) is 6.07 Å². The lowest BCUT2D eigenvalue weighted by Crippen LogP contribution is -2.49. The predicted molar refractivity (Wildman–Crippen MR) is 99.4 cm³/mol. The summed E-state index contributed by atoms with van der Waals surface area (Å²) in [5.41, 5.74) is -0.252. The molecule has 0 bridgehead atoms. The van der Waals surface area contributed by atoms with Crippen molar-refractivity contribution in [1.82, 2.24) is 9.97 Å². The topological polar surface area (TPSA) is 92.6 Å². The lowest BCUT2D eigenvalue weighted by atomic mass is 10.0. The minimum atomic E-state index is -4.48. The van der Waals surface area contributed by atoms with E-state index in [0.29, 0.717) is 5.56 Å². The van der Waals surface area contributed by atoms with Crippen LogP contribution >= 0.6 is 0 Å². The molecule has 7 nitrogen and oxygen atoms in total. The molecule has 0 radical (unpaired) electrons. The zero-order valence-corrected chi connectivity index (χ0v) is 16.4. The first-order chi connectivity index (χ1) is 13.6. The number of aliphatic hydroxyl groups is 1. The van der Waals surface area contributed by atoms with E-state index in [-0.39, 0.29) is 42.7 Å². The fourth-order valence-electron chi connectivity index (χ4n) is 3.07. The Bertz CT molecular complexity index is 965. The number of aryl methyl sites for hydroxylation is 1. The van der Waals surface area contributed by atoms with E-state index < -0.39 is 33.4 Å². The highest BCUT2D eigenvalue weighted by molar-refractivity contribution is 7.92. The number of aliphatic hydroxyl groups excluding tert-OH is 1. The van der Waals surface area contributed by atoms with Crippen molar-refractivity contribution in [2.75, 3.05) is 30.3 Å². The Balaban J connectivity index is 1.70. The third kappa shape index (κ3) is 4.78. The van der Waals surface area contributed by atoms with E-state index in [2.05, 4.69) is 9.97 Å². The molecule has 1 aliphatic heterocycles. The number of ether oxygens (including phenoxy) is 1. The minimum absolute atomic E-state index is 0.0381. The summed E-state index contributed by atoms with van der Waals surface area (Å²) in [7, 11) is -3.35. The second kappa shape index (κ2) is 8.15. The van der Waals surface area contributed by atoms with E-state index in [1.165, 1.54) is 18.5 Å². The minimum Gasteiger partial charge on any atom is -0.486 e. The molecular formula is C18H20F3N3O4S. The van der Waals surface area contributed by atoms with Crippen molar-refractivity contribution in [3.63, 3.8) is 0 Å². The van der Waals surface area contributed by atoms with Gasteiger partial charge >= 0.3 is 6.18 Å². The Hall–Kier alpha value is -2.40. The summed E-state index contributed by atoms with van der Waals surface area (Å²) in [5, 5.41) is 8.36. The molecule has 1 saturated heterocycles. The fraction of sp³-hybridized carbons (Fsp3) is 0.444. The van der Waals surface area contributed by atoms with Crippen LogP contribution in [-0.4, -0.2) is 54.2 Å². The standard InChI is InChI=1S/C18H20F3N3O4S/c1-12-3-2-4-16(18(19,20)21)15(12)11-28-13-7-22-17(23-8-13)24-5-6-29(26,27)14(9-24)10-25/h2-4,7-8,14,25H,5-6,9-11H2,1H3. The van der Waals surface area contributed by atoms with E-state index in [1.807, 2.05) is 0 Å². The number of anilines is 1. The van der Waals surface area contributed by atoms with Crippen molar-refractivity contribution in [3.8, 4) is 5.75 Å². The molecule has 3 rings (SSSR count). The first-order valence-electron chi connectivity index (χ1n) is 8.79. The number of aromatic nitrogens is 2. The molecule has 2 heterocycles. The molecule has 11 heteroatoms. The molecule has 0 saturated carbocycles. The van der Waals surface area contributed by atoms with Crippen LogP contribution in [-0.2, 0) is 22.6 Å². The van der Waals surface area contributed by atoms with Gasteiger partial charge in [-0.2, -0.15) is 13.2 Å². The smallest absolute Gasteiger partial charge is 0.416 e. The van der Waals surface area contributed by atoms with E-state index >= 15 is 0 Å². The Morgan fingerprint density at radius 2 is 1.97 bits per heavy atom. The van der Waals surface area contributed by atoms with Gasteiger partial charge in [0.05, 0.1) is 30.3 Å². The third-order valence-corrected chi connectivity index (χ3v) is 6.84. The van der Waals surface area contributed by atoms with E-state index in [4.69, 9.17) is 4.74 Å². The van der Waals surface area contributed by atoms with Crippen molar-refractivity contribution in [2.24, 2.45) is 0 Å². The molecular weight excluding hydrogens is 411 g/mol. The number of hydrogen-bond acceptors (Lipinski definition) is 7. The Morgan fingerprint density at radius 3 is 2.59 bits per heavy atom. The molecule has 1 aromatic heterocycles. The lowest BCUT2D eigenvalue weighted by Gasteiger charge is -2.31. The molecule has 0 amide bonds. The highest BCUT2D eigenvalue weighted by atomic mass is 32.2. The molecule has 1 aromatic carbocycles. The van der Waals surface area contributed by atoms with Crippen LogP contribution in [0.3, 0.4) is 0 Å². The van der Waals surface area contributed by atoms with Gasteiger partial charge in [0.2, 0.25) is 5.95 Å². The van der Waals surface area contributed by atoms with Crippen LogP contribution in [0.25, 0.3) is 0 Å². The molecule has 1 N–H and O–H groups in total. The highest BCUT2D eigenvalue weighted by Gasteiger charge is 2.34. The van der Waals surface area contributed by atoms with Crippen LogP contribution in [0, 0.1) is 6.92 Å². The monoisotopic (exact) mass is 431 g/mol. The van der Waals surface area contributed by atoms with Gasteiger partial charge in [0, 0.05) is 18.7 Å². The Kier molecular flexibility index (Phi) is 5.99. The van der Waals surface area contributed by atoms with Crippen LogP contribution in [0.15, 0.2) is 30.6 Å². The van der Waals surface area contributed by atoms with Crippen molar-refractivity contribution in [1.29, 1.82) is 0 Å². The second-order valence-corrected chi connectivity index (χ2v) is 9.12. The Labute approximate surface area is 166 Å². The molecule has 29 heavy (non-hydrogen) atoms. The van der Waals surface area contributed by atoms with Crippen LogP contribution in [0.2, 0.25) is 0 Å². The van der Waals surface area contributed by atoms with E-state index in [1.54, 1.807) is 17.9 Å². The molecule has 158 valence electrons. The van der Waals surface area contributed by atoms with Gasteiger partial charge in [0.15, 0.2) is 15.6 Å². The normalized spacial score (nSPS) is 19.2. The van der Waals surface area contributed by atoms with Crippen LogP contribution in [0.4, 0.5) is 19.1 Å². The van der Waals surface area contributed by atoms with Gasteiger partial charge in [-0.25, -0.2) is 18.4 Å². The van der Waals surface area contributed by atoms with Gasteiger partial charge in [-0.1, -0.05) is 12.1 Å². The van der Waals surface area contributed by atoms with Crippen molar-refractivity contribution in [2.45, 2.75) is 25.0 Å². The summed E-state index contributed by atoms with van der Waals surface area (Å²) in [4.78, 5) is 9.87. The number of nitrogens with zero attached hydrogens (tertiary/aromatic N) is 3. The number of hydrogen-bond donors (Lipinski definition) is 1. The maximum atomic E-state index is 13.2. The van der Waals surface area contributed by atoms with Gasteiger partial charge in [-0.3, -0.25) is 0 Å². The van der Waals surface area contributed by atoms with Crippen LogP contribution in [0.1, 0.15) is 16.7 Å². The summed E-state index contributed by atoms with van der Waals surface area (Å²) >= 11 is 0. The maximum absolute atomic E-state index is 13.2. The van der Waals surface area contributed by atoms with Crippen molar-refractivity contribution < 1.29 is 31.4 Å². The molecule has 0 aliphatic carbocycles. The van der Waals surface area contributed by atoms with Gasteiger partial charge in [-0.15, -0.1) is 0 Å². The second-order valence-electron chi connectivity index (χ2n) is 6.72. The molecule has 1 unspecified atom stereocenters. The van der Waals surface area contributed by atoms with E-state index in [9.17, 15) is 26.7 Å².